The van der Waals surface area contributed by atoms with E-state index in [0.29, 0.717) is 25.0 Å². The van der Waals surface area contributed by atoms with Gasteiger partial charge in [0.15, 0.2) is 0 Å². The van der Waals surface area contributed by atoms with Gasteiger partial charge in [-0.05, 0) is 93.2 Å². The van der Waals surface area contributed by atoms with Crippen LogP contribution in [0.2, 0.25) is 0 Å². The van der Waals surface area contributed by atoms with Crippen LogP contribution in [0.1, 0.15) is 43.2 Å². The number of carbonyl (C=O) groups is 1. The Balaban J connectivity index is 1.11. The van der Waals surface area contributed by atoms with Crippen LogP contribution in [0.15, 0.2) is 54.6 Å². The van der Waals surface area contributed by atoms with Gasteiger partial charge in [0.25, 0.3) is 0 Å². The number of nitrogens with zero attached hydrogens (tertiary/aromatic N) is 1. The Bertz CT molecular complexity index is 916. The first kappa shape index (κ1) is 24.4. The topological polar surface area (TPSA) is 53.6 Å². The average Bonchev–Trinajstić information content (AvgIpc) is 2.86. The van der Waals surface area contributed by atoms with Crippen molar-refractivity contribution < 1.29 is 13.9 Å². The van der Waals surface area contributed by atoms with E-state index in [-0.39, 0.29) is 11.7 Å². The van der Waals surface area contributed by atoms with Crippen LogP contribution in [0.3, 0.4) is 0 Å². The van der Waals surface area contributed by atoms with Gasteiger partial charge in [-0.2, -0.15) is 0 Å². The van der Waals surface area contributed by atoms with E-state index in [1.54, 1.807) is 12.1 Å². The molecule has 0 unspecified atom stereocenters. The molecule has 0 aliphatic carbocycles. The molecule has 2 aliphatic heterocycles. The number of amides is 1. The molecule has 2 N–H and O–H groups in total. The van der Waals surface area contributed by atoms with Crippen molar-refractivity contribution in [3.05, 3.63) is 71.6 Å². The zero-order chi connectivity index (χ0) is 23.6. The number of nitrogens with one attached hydrogen (secondary N) is 2. The highest BCUT2D eigenvalue weighted by Gasteiger charge is 2.20. The molecule has 0 radical (unpaired) electrons. The third kappa shape index (κ3) is 7.96. The van der Waals surface area contributed by atoms with Gasteiger partial charge in [-0.15, -0.1) is 0 Å². The van der Waals surface area contributed by atoms with E-state index in [4.69, 9.17) is 4.74 Å². The maximum absolute atomic E-state index is 13.0. The standard InChI is InChI=1S/C28H36FN3O2/c29-25-7-3-24(4-8-25)21-31-28(33)20-23-13-18-32(19-14-23)17-1-2-22-5-9-26(10-6-22)34-27-11-15-30-16-12-27/h1-10,23,27,30H,11-21H2,(H,31,33)/b2-1+. The van der Waals surface area contributed by atoms with E-state index in [2.05, 4.69) is 52.0 Å². The Hall–Kier alpha value is -2.70. The zero-order valence-corrected chi connectivity index (χ0v) is 19.8. The maximum Gasteiger partial charge on any atom is 0.220 e. The van der Waals surface area contributed by atoms with Crippen LogP contribution < -0.4 is 15.4 Å². The van der Waals surface area contributed by atoms with Gasteiger partial charge in [-0.3, -0.25) is 9.69 Å². The minimum Gasteiger partial charge on any atom is -0.490 e. The van der Waals surface area contributed by atoms with Crippen LogP contribution in [0.4, 0.5) is 4.39 Å². The van der Waals surface area contributed by atoms with Gasteiger partial charge in [0.2, 0.25) is 5.91 Å². The van der Waals surface area contributed by atoms with E-state index < -0.39 is 0 Å². The summed E-state index contributed by atoms with van der Waals surface area (Å²) >= 11 is 0. The molecule has 2 fully saturated rings. The van der Waals surface area contributed by atoms with Crippen molar-refractivity contribution in [1.82, 2.24) is 15.5 Å². The summed E-state index contributed by atoms with van der Waals surface area (Å²) in [4.78, 5) is 14.7. The number of rotatable bonds is 9. The SMILES string of the molecule is O=C(CC1CCN(C/C=C/c2ccc(OC3CCNCC3)cc2)CC1)NCc1ccc(F)cc1. The Labute approximate surface area is 202 Å². The summed E-state index contributed by atoms with van der Waals surface area (Å²) in [7, 11) is 0. The number of benzene rings is 2. The summed E-state index contributed by atoms with van der Waals surface area (Å²) in [5.41, 5.74) is 2.10. The smallest absolute Gasteiger partial charge is 0.220 e. The number of hydrogen-bond donors (Lipinski definition) is 2. The third-order valence-electron chi connectivity index (χ3n) is 6.73. The first-order chi connectivity index (χ1) is 16.6. The van der Waals surface area contributed by atoms with Crippen molar-refractivity contribution in [2.24, 2.45) is 5.92 Å². The lowest BCUT2D eigenvalue weighted by Crippen LogP contribution is -2.35. The van der Waals surface area contributed by atoms with E-state index in [0.717, 1.165) is 69.7 Å². The summed E-state index contributed by atoms with van der Waals surface area (Å²) in [5.74, 6) is 1.20. The number of halogens is 1. The lowest BCUT2D eigenvalue weighted by Gasteiger charge is -2.30. The normalized spacial score (nSPS) is 18.3. The van der Waals surface area contributed by atoms with E-state index in [1.807, 2.05) is 0 Å². The highest BCUT2D eigenvalue weighted by atomic mass is 19.1. The summed E-state index contributed by atoms with van der Waals surface area (Å²) in [5, 5.41) is 6.32. The molecular formula is C28H36FN3O2. The second-order valence-electron chi connectivity index (χ2n) is 9.39. The van der Waals surface area contributed by atoms with Crippen molar-refractivity contribution in [3.8, 4) is 5.75 Å². The average molecular weight is 466 g/mol. The molecule has 5 nitrogen and oxygen atoms in total. The Morgan fingerprint density at radius 3 is 2.44 bits per heavy atom. The molecule has 0 atom stereocenters. The molecule has 2 aromatic rings. The van der Waals surface area contributed by atoms with E-state index in [1.165, 1.54) is 17.7 Å². The van der Waals surface area contributed by atoms with Crippen LogP contribution >= 0.6 is 0 Å². The van der Waals surface area contributed by atoms with Gasteiger partial charge in [-0.25, -0.2) is 4.39 Å². The largest absolute Gasteiger partial charge is 0.490 e. The summed E-state index contributed by atoms with van der Waals surface area (Å²) < 4.78 is 19.1. The lowest BCUT2D eigenvalue weighted by molar-refractivity contribution is -0.122. The Morgan fingerprint density at radius 2 is 1.74 bits per heavy atom. The van der Waals surface area contributed by atoms with Gasteiger partial charge >= 0.3 is 0 Å². The summed E-state index contributed by atoms with van der Waals surface area (Å²) in [6.45, 7) is 5.48. The minimum atomic E-state index is -0.257. The second kappa shape index (κ2) is 12.7. The molecular weight excluding hydrogens is 429 g/mol. The van der Waals surface area contributed by atoms with Crippen LogP contribution in [-0.4, -0.2) is 49.6 Å². The van der Waals surface area contributed by atoms with Gasteiger partial charge < -0.3 is 15.4 Å². The number of piperidine rings is 2. The fraction of sp³-hybridized carbons (Fsp3) is 0.464. The molecule has 0 aromatic heterocycles. The molecule has 4 rings (SSSR count). The van der Waals surface area contributed by atoms with Crippen molar-refractivity contribution in [3.63, 3.8) is 0 Å². The highest BCUT2D eigenvalue weighted by Crippen LogP contribution is 2.21. The molecule has 6 heteroatoms. The predicted molar refractivity (Wildman–Crippen MR) is 134 cm³/mol. The quantitative estimate of drug-likeness (QED) is 0.577. The molecule has 0 saturated carbocycles. The fourth-order valence-corrected chi connectivity index (χ4v) is 4.61. The highest BCUT2D eigenvalue weighted by molar-refractivity contribution is 5.76. The number of likely N-dealkylation sites (tertiary alicyclic amines) is 1. The predicted octanol–water partition coefficient (Wildman–Crippen LogP) is 4.39. The zero-order valence-electron chi connectivity index (χ0n) is 19.8. The molecule has 1 amide bonds. The van der Waals surface area contributed by atoms with E-state index >= 15 is 0 Å². The second-order valence-corrected chi connectivity index (χ2v) is 9.39. The number of carbonyl (C=O) groups excluding carboxylic acids is 1. The molecule has 182 valence electrons. The monoisotopic (exact) mass is 465 g/mol. The van der Waals surface area contributed by atoms with Crippen molar-refractivity contribution in [2.45, 2.75) is 44.8 Å². The van der Waals surface area contributed by atoms with Gasteiger partial charge in [0, 0.05) is 19.5 Å². The number of hydrogen-bond acceptors (Lipinski definition) is 4. The van der Waals surface area contributed by atoms with Gasteiger partial charge in [0.1, 0.15) is 17.7 Å². The van der Waals surface area contributed by atoms with Gasteiger partial charge in [-0.1, -0.05) is 36.4 Å². The molecule has 0 bridgehead atoms. The minimum absolute atomic E-state index is 0.0789. The molecule has 2 heterocycles. The van der Waals surface area contributed by atoms with Crippen LogP contribution in [0.25, 0.3) is 6.08 Å². The summed E-state index contributed by atoms with van der Waals surface area (Å²) in [6.07, 6.45) is 9.50. The van der Waals surface area contributed by atoms with Crippen molar-refractivity contribution >= 4 is 12.0 Å². The van der Waals surface area contributed by atoms with E-state index in [9.17, 15) is 9.18 Å². The van der Waals surface area contributed by atoms with Crippen LogP contribution in [0.5, 0.6) is 5.75 Å². The lowest BCUT2D eigenvalue weighted by atomic mass is 9.93. The third-order valence-corrected chi connectivity index (χ3v) is 6.73. The Kier molecular flexibility index (Phi) is 9.11. The Morgan fingerprint density at radius 1 is 1.03 bits per heavy atom. The fourth-order valence-electron chi connectivity index (χ4n) is 4.61. The number of ether oxygens (including phenoxy) is 1. The van der Waals surface area contributed by atoms with Gasteiger partial charge in [0.05, 0.1) is 0 Å². The van der Waals surface area contributed by atoms with Crippen molar-refractivity contribution in [2.75, 3.05) is 32.7 Å². The van der Waals surface area contributed by atoms with Crippen LogP contribution in [-0.2, 0) is 11.3 Å². The molecule has 2 saturated heterocycles. The molecule has 2 aromatic carbocycles. The first-order valence-corrected chi connectivity index (χ1v) is 12.5. The summed E-state index contributed by atoms with van der Waals surface area (Å²) in [6, 6.07) is 14.6. The van der Waals surface area contributed by atoms with Crippen LogP contribution in [0, 0.1) is 11.7 Å². The maximum atomic E-state index is 13.0. The van der Waals surface area contributed by atoms with Crippen molar-refractivity contribution in [1.29, 1.82) is 0 Å². The molecule has 0 spiro atoms. The molecule has 2 aliphatic rings. The first-order valence-electron chi connectivity index (χ1n) is 12.5. The molecule has 34 heavy (non-hydrogen) atoms.